The van der Waals surface area contributed by atoms with Crippen molar-refractivity contribution in [2.24, 2.45) is 0 Å². The zero-order valence-electron chi connectivity index (χ0n) is 12.6. The molecule has 2 rings (SSSR count). The van der Waals surface area contributed by atoms with Gasteiger partial charge < -0.3 is 10.1 Å². The minimum Gasteiger partial charge on any atom is -0.484 e. The average Bonchev–Trinajstić information content (AvgIpc) is 2.54. The number of nitro groups is 1. The summed E-state index contributed by atoms with van der Waals surface area (Å²) in [5.41, 5.74) is 2.51. The van der Waals surface area contributed by atoms with E-state index >= 15 is 0 Å². The van der Waals surface area contributed by atoms with E-state index in [-0.39, 0.29) is 12.5 Å². The molecule has 0 aliphatic carbocycles. The molecule has 6 nitrogen and oxygen atoms in total. The highest BCUT2D eigenvalue weighted by molar-refractivity contribution is 5.91. The number of nitrogens with zero attached hydrogens (tertiary/aromatic N) is 1. The van der Waals surface area contributed by atoms with Crippen LogP contribution in [0.4, 0.5) is 5.69 Å². The van der Waals surface area contributed by atoms with Gasteiger partial charge in [-0.15, -0.1) is 0 Å². The van der Waals surface area contributed by atoms with Crippen molar-refractivity contribution in [1.29, 1.82) is 0 Å². The van der Waals surface area contributed by atoms with Gasteiger partial charge in [-0.25, -0.2) is 0 Å². The summed E-state index contributed by atoms with van der Waals surface area (Å²) in [5, 5.41) is 13.0. The first-order valence-electron chi connectivity index (χ1n) is 6.94. The van der Waals surface area contributed by atoms with Crippen LogP contribution in [0.25, 0.3) is 6.08 Å². The van der Waals surface area contributed by atoms with Crippen molar-refractivity contribution in [3.05, 3.63) is 76.0 Å². The van der Waals surface area contributed by atoms with Gasteiger partial charge in [-0.05, 0) is 36.8 Å². The Labute approximate surface area is 133 Å². The number of amides is 1. The number of hydrogen-bond donors (Lipinski definition) is 1. The lowest BCUT2D eigenvalue weighted by atomic mass is 10.2. The standard InChI is InChI=1S/C17H16N2O4/c1-13-2-6-15(7-3-13)18-17(20)12-23-16-8-4-14(5-9-16)10-11-19(21)22/h2-11H,12H2,1H3,(H,18,20)/b11-10+. The molecule has 2 aromatic carbocycles. The molecule has 0 atom stereocenters. The number of aryl methyl sites for hydroxylation is 1. The number of ether oxygens (including phenoxy) is 1. The van der Waals surface area contributed by atoms with Crippen LogP contribution in [-0.2, 0) is 4.79 Å². The first kappa shape index (κ1) is 16.2. The fourth-order valence-corrected chi connectivity index (χ4v) is 1.80. The van der Waals surface area contributed by atoms with E-state index in [2.05, 4.69) is 5.32 Å². The number of carbonyl (C=O) groups excluding carboxylic acids is 1. The molecule has 0 heterocycles. The highest BCUT2D eigenvalue weighted by Crippen LogP contribution is 2.14. The molecule has 6 heteroatoms. The number of hydrogen-bond acceptors (Lipinski definition) is 4. The average molecular weight is 312 g/mol. The molecule has 118 valence electrons. The Morgan fingerprint density at radius 3 is 2.43 bits per heavy atom. The number of nitrogens with one attached hydrogen (secondary N) is 1. The highest BCUT2D eigenvalue weighted by atomic mass is 16.6. The van der Waals surface area contributed by atoms with Crippen LogP contribution in [0.15, 0.2) is 54.7 Å². The predicted molar refractivity (Wildman–Crippen MR) is 87.8 cm³/mol. The molecule has 0 aromatic heterocycles. The fourth-order valence-electron chi connectivity index (χ4n) is 1.80. The molecule has 0 bridgehead atoms. The minimum atomic E-state index is -0.528. The molecular weight excluding hydrogens is 296 g/mol. The van der Waals surface area contributed by atoms with Crippen molar-refractivity contribution in [2.75, 3.05) is 11.9 Å². The van der Waals surface area contributed by atoms with Crippen molar-refractivity contribution in [3.8, 4) is 5.75 Å². The lowest BCUT2D eigenvalue weighted by Gasteiger charge is -2.08. The summed E-state index contributed by atoms with van der Waals surface area (Å²) >= 11 is 0. The molecule has 0 fully saturated rings. The van der Waals surface area contributed by atoms with E-state index in [4.69, 9.17) is 4.74 Å². The van der Waals surface area contributed by atoms with Crippen LogP contribution in [0, 0.1) is 17.0 Å². The van der Waals surface area contributed by atoms with Crippen LogP contribution in [0.2, 0.25) is 0 Å². The molecular formula is C17H16N2O4. The third-order valence-corrected chi connectivity index (χ3v) is 2.97. The van der Waals surface area contributed by atoms with Gasteiger partial charge >= 0.3 is 0 Å². The van der Waals surface area contributed by atoms with Crippen molar-refractivity contribution >= 4 is 17.7 Å². The second kappa shape index (κ2) is 7.74. The van der Waals surface area contributed by atoms with Crippen molar-refractivity contribution in [2.45, 2.75) is 6.92 Å². The number of carbonyl (C=O) groups is 1. The lowest BCUT2D eigenvalue weighted by molar-refractivity contribution is -0.400. The van der Waals surface area contributed by atoms with Crippen molar-refractivity contribution in [1.82, 2.24) is 0 Å². The highest BCUT2D eigenvalue weighted by Gasteiger charge is 2.03. The van der Waals surface area contributed by atoms with Gasteiger partial charge in [0.05, 0.1) is 4.92 Å². The Morgan fingerprint density at radius 1 is 1.17 bits per heavy atom. The van der Waals surface area contributed by atoms with Gasteiger partial charge in [-0.3, -0.25) is 14.9 Å². The summed E-state index contributed by atoms with van der Waals surface area (Å²) in [5.74, 6) is 0.258. The molecule has 0 saturated carbocycles. The topological polar surface area (TPSA) is 81.5 Å². The van der Waals surface area contributed by atoms with Gasteiger partial charge in [0.1, 0.15) is 5.75 Å². The number of benzene rings is 2. The van der Waals surface area contributed by atoms with Crippen LogP contribution in [0.5, 0.6) is 5.75 Å². The fraction of sp³-hybridized carbons (Fsp3) is 0.118. The minimum absolute atomic E-state index is 0.113. The summed E-state index contributed by atoms with van der Waals surface area (Å²) in [7, 11) is 0. The third-order valence-electron chi connectivity index (χ3n) is 2.97. The molecule has 0 saturated heterocycles. The van der Waals surface area contributed by atoms with E-state index in [9.17, 15) is 14.9 Å². The smallest absolute Gasteiger partial charge is 0.262 e. The Kier molecular flexibility index (Phi) is 5.46. The molecule has 2 aromatic rings. The molecule has 0 spiro atoms. The van der Waals surface area contributed by atoms with Gasteiger partial charge in [0.25, 0.3) is 5.91 Å². The maximum absolute atomic E-state index is 11.8. The maximum atomic E-state index is 11.8. The van der Waals surface area contributed by atoms with E-state index in [0.717, 1.165) is 11.8 Å². The second-order valence-electron chi connectivity index (χ2n) is 4.87. The number of anilines is 1. The first-order valence-corrected chi connectivity index (χ1v) is 6.94. The molecule has 0 aliphatic rings. The number of rotatable bonds is 6. The zero-order valence-corrected chi connectivity index (χ0v) is 12.6. The molecule has 23 heavy (non-hydrogen) atoms. The van der Waals surface area contributed by atoms with E-state index in [1.54, 1.807) is 24.3 Å². The summed E-state index contributed by atoms with van der Waals surface area (Å²) in [6.45, 7) is 1.86. The van der Waals surface area contributed by atoms with E-state index in [1.165, 1.54) is 6.08 Å². The third kappa shape index (κ3) is 5.62. The van der Waals surface area contributed by atoms with Gasteiger partial charge in [0, 0.05) is 11.8 Å². The second-order valence-corrected chi connectivity index (χ2v) is 4.87. The maximum Gasteiger partial charge on any atom is 0.262 e. The van der Waals surface area contributed by atoms with Crippen LogP contribution < -0.4 is 10.1 Å². The summed E-state index contributed by atoms with van der Waals surface area (Å²) in [6.07, 6.45) is 2.25. The van der Waals surface area contributed by atoms with Crippen LogP contribution in [0.3, 0.4) is 0 Å². The quantitative estimate of drug-likeness (QED) is 0.655. The Balaban J connectivity index is 1.84. The Hall–Kier alpha value is -3.15. The first-order chi connectivity index (χ1) is 11.0. The Morgan fingerprint density at radius 2 is 1.83 bits per heavy atom. The summed E-state index contributed by atoms with van der Waals surface area (Å²) < 4.78 is 5.37. The zero-order chi connectivity index (χ0) is 16.7. The molecule has 0 radical (unpaired) electrons. The Bertz CT molecular complexity index is 706. The van der Waals surface area contributed by atoms with E-state index < -0.39 is 4.92 Å². The van der Waals surface area contributed by atoms with Crippen LogP contribution in [0.1, 0.15) is 11.1 Å². The van der Waals surface area contributed by atoms with Gasteiger partial charge in [0.2, 0.25) is 6.20 Å². The van der Waals surface area contributed by atoms with Crippen molar-refractivity contribution in [3.63, 3.8) is 0 Å². The van der Waals surface area contributed by atoms with Crippen LogP contribution >= 0.6 is 0 Å². The monoisotopic (exact) mass is 312 g/mol. The summed E-state index contributed by atoms with van der Waals surface area (Å²) in [6, 6.07) is 14.1. The normalized spacial score (nSPS) is 10.5. The summed E-state index contributed by atoms with van der Waals surface area (Å²) in [4.78, 5) is 21.5. The van der Waals surface area contributed by atoms with Gasteiger partial charge in [-0.1, -0.05) is 29.8 Å². The lowest BCUT2D eigenvalue weighted by Crippen LogP contribution is -2.20. The predicted octanol–water partition coefficient (Wildman–Crippen LogP) is 3.26. The van der Waals surface area contributed by atoms with Gasteiger partial charge in [0.15, 0.2) is 6.61 Å². The van der Waals surface area contributed by atoms with E-state index in [1.807, 2.05) is 31.2 Å². The molecule has 1 amide bonds. The van der Waals surface area contributed by atoms with E-state index in [0.29, 0.717) is 17.0 Å². The van der Waals surface area contributed by atoms with Gasteiger partial charge in [-0.2, -0.15) is 0 Å². The SMILES string of the molecule is Cc1ccc(NC(=O)COc2ccc(/C=C/[N+](=O)[O-])cc2)cc1. The molecule has 0 aliphatic heterocycles. The molecule has 1 N–H and O–H groups in total. The molecule has 0 unspecified atom stereocenters. The van der Waals surface area contributed by atoms with Crippen molar-refractivity contribution < 1.29 is 14.5 Å². The largest absolute Gasteiger partial charge is 0.484 e. The van der Waals surface area contributed by atoms with Crippen LogP contribution in [-0.4, -0.2) is 17.4 Å².